The molecule has 2 aromatic carbocycles. The van der Waals surface area contributed by atoms with Crippen molar-refractivity contribution in [3.05, 3.63) is 88.2 Å². The fourth-order valence-corrected chi connectivity index (χ4v) is 2.93. The van der Waals surface area contributed by atoms with Crippen molar-refractivity contribution in [3.63, 3.8) is 0 Å². The Balaban J connectivity index is 1.78. The van der Waals surface area contributed by atoms with E-state index in [4.69, 9.17) is 5.73 Å². The van der Waals surface area contributed by atoms with Crippen molar-refractivity contribution in [1.82, 2.24) is 9.97 Å². The predicted molar refractivity (Wildman–Crippen MR) is 101 cm³/mol. The molecule has 0 aliphatic rings. The molecule has 0 amide bonds. The van der Waals surface area contributed by atoms with E-state index in [1.54, 1.807) is 0 Å². The Morgan fingerprint density at radius 1 is 1.00 bits per heavy atom. The first-order chi connectivity index (χ1) is 12.7. The lowest BCUT2D eigenvalue weighted by Crippen LogP contribution is -2.12. The molecular weight excluding hydrogens is 330 g/mol. The van der Waals surface area contributed by atoms with Gasteiger partial charge in [-0.25, -0.2) is 9.97 Å². The summed E-state index contributed by atoms with van der Waals surface area (Å²) in [6, 6.07) is 20.3. The number of nitrogens with two attached hydrogens (primary N) is 1. The lowest BCUT2D eigenvalue weighted by molar-refractivity contribution is -0.383. The maximum atomic E-state index is 11.2. The normalized spacial score (nSPS) is 10.7. The number of nitrogens with one attached hydrogen (secondary N) is 1. The fraction of sp³-hybridized carbons (Fsp3) is 0.158. The van der Waals surface area contributed by atoms with Gasteiger partial charge in [0.2, 0.25) is 11.6 Å². The van der Waals surface area contributed by atoms with Crippen molar-refractivity contribution in [3.8, 4) is 0 Å². The summed E-state index contributed by atoms with van der Waals surface area (Å²) in [5.74, 6) is 0.167. The summed E-state index contributed by atoms with van der Waals surface area (Å²) in [4.78, 5) is 18.3. The monoisotopic (exact) mass is 349 g/mol. The number of hydrogen-bond donors (Lipinski definition) is 2. The van der Waals surface area contributed by atoms with E-state index < -0.39 is 4.92 Å². The minimum atomic E-state index is -0.566. The zero-order valence-corrected chi connectivity index (χ0v) is 14.1. The molecule has 7 nitrogen and oxygen atoms in total. The van der Waals surface area contributed by atoms with Crippen LogP contribution in [0.4, 0.5) is 17.3 Å². The van der Waals surface area contributed by atoms with E-state index in [0.29, 0.717) is 6.54 Å². The van der Waals surface area contributed by atoms with Gasteiger partial charge in [0, 0.05) is 12.5 Å². The molecular formula is C19H19N5O2. The minimum absolute atomic E-state index is 0.141. The molecule has 0 spiro atoms. The predicted octanol–water partition coefficient (Wildman–Crippen LogP) is 3.60. The highest BCUT2D eigenvalue weighted by Crippen LogP contribution is 2.29. The zero-order chi connectivity index (χ0) is 18.4. The Bertz CT molecular complexity index is 832. The largest absolute Gasteiger partial charge is 0.378 e. The third-order valence-electron chi connectivity index (χ3n) is 4.16. The van der Waals surface area contributed by atoms with E-state index >= 15 is 0 Å². The van der Waals surface area contributed by atoms with Crippen LogP contribution in [0, 0.1) is 10.1 Å². The van der Waals surface area contributed by atoms with Crippen LogP contribution in [-0.4, -0.2) is 21.4 Å². The molecule has 0 aliphatic heterocycles. The van der Waals surface area contributed by atoms with Crippen molar-refractivity contribution in [1.29, 1.82) is 0 Å². The molecule has 1 aromatic heterocycles. The van der Waals surface area contributed by atoms with Crippen molar-refractivity contribution < 1.29 is 4.92 Å². The third-order valence-corrected chi connectivity index (χ3v) is 4.16. The highest BCUT2D eigenvalue weighted by molar-refractivity contribution is 5.67. The number of benzene rings is 2. The molecule has 26 heavy (non-hydrogen) atoms. The second-order valence-electron chi connectivity index (χ2n) is 5.80. The summed E-state index contributed by atoms with van der Waals surface area (Å²) in [5.41, 5.74) is 7.70. The SMILES string of the molecule is Nc1ncnc(NCCC(c2ccccc2)c2ccccc2)c1[N+](=O)[O-]. The molecule has 0 aliphatic carbocycles. The number of anilines is 2. The Hall–Kier alpha value is -3.48. The quantitative estimate of drug-likeness (QED) is 0.498. The van der Waals surface area contributed by atoms with E-state index in [2.05, 4.69) is 39.6 Å². The van der Waals surface area contributed by atoms with Crippen molar-refractivity contribution in [2.45, 2.75) is 12.3 Å². The van der Waals surface area contributed by atoms with Crippen molar-refractivity contribution in [2.24, 2.45) is 0 Å². The maximum absolute atomic E-state index is 11.2. The van der Waals surface area contributed by atoms with Crippen LogP contribution in [0.3, 0.4) is 0 Å². The molecule has 0 saturated carbocycles. The Morgan fingerprint density at radius 2 is 1.58 bits per heavy atom. The lowest BCUT2D eigenvalue weighted by atomic mass is 9.88. The van der Waals surface area contributed by atoms with Gasteiger partial charge in [0.05, 0.1) is 4.92 Å². The summed E-state index contributed by atoms with van der Waals surface area (Å²) in [6.07, 6.45) is 1.96. The molecule has 132 valence electrons. The average molecular weight is 349 g/mol. The van der Waals surface area contributed by atoms with E-state index in [-0.39, 0.29) is 23.2 Å². The first-order valence-corrected chi connectivity index (χ1v) is 8.25. The Labute approximate surface area is 151 Å². The second-order valence-corrected chi connectivity index (χ2v) is 5.80. The smallest absolute Gasteiger partial charge is 0.352 e. The maximum Gasteiger partial charge on any atom is 0.352 e. The molecule has 1 heterocycles. The average Bonchev–Trinajstić information content (AvgIpc) is 2.66. The molecule has 3 rings (SSSR count). The number of rotatable bonds is 7. The highest BCUT2D eigenvalue weighted by atomic mass is 16.6. The van der Waals surface area contributed by atoms with Crippen LogP contribution in [0.5, 0.6) is 0 Å². The summed E-state index contributed by atoms with van der Waals surface area (Å²) >= 11 is 0. The van der Waals surface area contributed by atoms with E-state index in [0.717, 1.165) is 6.42 Å². The number of nitro groups is 1. The van der Waals surface area contributed by atoms with Crippen molar-refractivity contribution >= 4 is 17.3 Å². The van der Waals surface area contributed by atoms with Crippen LogP contribution < -0.4 is 11.1 Å². The number of aromatic nitrogens is 2. The molecule has 0 fully saturated rings. The van der Waals surface area contributed by atoms with Crippen LogP contribution in [0.15, 0.2) is 67.0 Å². The van der Waals surface area contributed by atoms with Gasteiger partial charge in [-0.3, -0.25) is 10.1 Å². The molecule has 0 bridgehead atoms. The first-order valence-electron chi connectivity index (χ1n) is 8.25. The van der Waals surface area contributed by atoms with Gasteiger partial charge < -0.3 is 11.1 Å². The molecule has 0 radical (unpaired) electrons. The summed E-state index contributed by atoms with van der Waals surface area (Å²) in [5, 5.41) is 14.2. The van der Waals surface area contributed by atoms with Gasteiger partial charge in [0.1, 0.15) is 6.33 Å². The first kappa shape index (κ1) is 17.3. The minimum Gasteiger partial charge on any atom is -0.378 e. The van der Waals surface area contributed by atoms with Crippen LogP contribution in [0.2, 0.25) is 0 Å². The third kappa shape index (κ3) is 3.94. The van der Waals surface area contributed by atoms with Crippen LogP contribution in [0.25, 0.3) is 0 Å². The Kier molecular flexibility index (Phi) is 5.38. The highest BCUT2D eigenvalue weighted by Gasteiger charge is 2.21. The van der Waals surface area contributed by atoms with E-state index in [1.165, 1.54) is 17.5 Å². The molecule has 7 heteroatoms. The summed E-state index contributed by atoms with van der Waals surface area (Å²) in [7, 11) is 0. The van der Waals surface area contributed by atoms with Gasteiger partial charge in [0.15, 0.2) is 0 Å². The topological polar surface area (TPSA) is 107 Å². The van der Waals surface area contributed by atoms with Crippen LogP contribution in [0.1, 0.15) is 23.5 Å². The summed E-state index contributed by atoms with van der Waals surface area (Å²) < 4.78 is 0. The summed E-state index contributed by atoms with van der Waals surface area (Å²) in [6.45, 7) is 0.506. The van der Waals surface area contributed by atoms with Gasteiger partial charge in [0.25, 0.3) is 0 Å². The van der Waals surface area contributed by atoms with E-state index in [9.17, 15) is 10.1 Å². The van der Waals surface area contributed by atoms with Crippen LogP contribution >= 0.6 is 0 Å². The molecule has 0 unspecified atom stereocenters. The van der Waals surface area contributed by atoms with Gasteiger partial charge in [-0.2, -0.15) is 0 Å². The number of nitrogen functional groups attached to an aromatic ring is 1. The molecule has 0 atom stereocenters. The number of hydrogen-bond acceptors (Lipinski definition) is 6. The van der Waals surface area contributed by atoms with Gasteiger partial charge in [-0.1, -0.05) is 60.7 Å². The van der Waals surface area contributed by atoms with Crippen molar-refractivity contribution in [2.75, 3.05) is 17.6 Å². The molecule has 0 saturated heterocycles. The van der Waals surface area contributed by atoms with E-state index in [1.807, 2.05) is 36.4 Å². The van der Waals surface area contributed by atoms with Crippen LogP contribution in [-0.2, 0) is 0 Å². The molecule has 3 N–H and O–H groups in total. The zero-order valence-electron chi connectivity index (χ0n) is 14.1. The lowest BCUT2D eigenvalue weighted by Gasteiger charge is -2.18. The second kappa shape index (κ2) is 8.06. The van der Waals surface area contributed by atoms with Gasteiger partial charge in [-0.05, 0) is 17.5 Å². The number of nitrogens with zero attached hydrogens (tertiary/aromatic N) is 3. The molecule has 3 aromatic rings. The van der Waals surface area contributed by atoms with Gasteiger partial charge >= 0.3 is 5.69 Å². The standard InChI is InChI=1S/C19H19N5O2/c20-18-17(24(25)26)19(23-13-22-18)21-12-11-16(14-7-3-1-4-8-14)15-9-5-2-6-10-15/h1-10,13,16H,11-12H2,(H3,20,21,22,23). The van der Waals surface area contributed by atoms with Gasteiger partial charge in [-0.15, -0.1) is 0 Å². The Morgan fingerprint density at radius 3 is 2.12 bits per heavy atom. The fourth-order valence-electron chi connectivity index (χ4n) is 2.93.